The Labute approximate surface area is 151 Å². The number of rotatable bonds is 9. The lowest BCUT2D eigenvalue weighted by atomic mass is 10.2. The van der Waals surface area contributed by atoms with Crippen LogP contribution in [0.1, 0.15) is 17.4 Å². The van der Waals surface area contributed by atoms with E-state index in [1.54, 1.807) is 11.3 Å². The van der Waals surface area contributed by atoms with Crippen molar-refractivity contribution in [2.24, 2.45) is 0 Å². The van der Waals surface area contributed by atoms with Crippen LogP contribution in [0.2, 0.25) is 4.34 Å². The molecule has 128 valence electrons. The lowest BCUT2D eigenvalue weighted by Crippen LogP contribution is -2.35. The van der Waals surface area contributed by atoms with E-state index in [-0.39, 0.29) is 6.61 Å². The van der Waals surface area contributed by atoms with Gasteiger partial charge < -0.3 is 9.84 Å². The predicted molar refractivity (Wildman–Crippen MR) is 97.5 cm³/mol. The van der Waals surface area contributed by atoms with E-state index in [9.17, 15) is 5.11 Å². The van der Waals surface area contributed by atoms with E-state index in [1.807, 2.05) is 36.4 Å². The molecule has 0 saturated carbocycles. The van der Waals surface area contributed by atoms with E-state index in [1.165, 1.54) is 4.88 Å². The minimum atomic E-state index is -0.570. The van der Waals surface area contributed by atoms with Crippen LogP contribution in [0.3, 0.4) is 0 Å². The maximum Gasteiger partial charge on any atom is 0.119 e. The number of benzene rings is 1. The van der Waals surface area contributed by atoms with Crippen molar-refractivity contribution in [3.8, 4) is 11.8 Å². The highest BCUT2D eigenvalue weighted by Crippen LogP contribution is 2.22. The van der Waals surface area contributed by atoms with Crippen LogP contribution in [0.5, 0.6) is 5.75 Å². The Kier molecular flexibility index (Phi) is 7.54. The minimum absolute atomic E-state index is 0.235. The zero-order valence-electron chi connectivity index (χ0n) is 13.6. The zero-order valence-corrected chi connectivity index (χ0v) is 15.2. The summed E-state index contributed by atoms with van der Waals surface area (Å²) in [6.45, 7) is 4.46. The topological polar surface area (TPSA) is 56.5 Å². The summed E-state index contributed by atoms with van der Waals surface area (Å²) >= 11 is 7.52. The average molecular weight is 365 g/mol. The van der Waals surface area contributed by atoms with Gasteiger partial charge in [0.15, 0.2) is 0 Å². The molecule has 1 aromatic heterocycles. The van der Waals surface area contributed by atoms with E-state index in [0.29, 0.717) is 18.7 Å². The Morgan fingerprint density at radius 3 is 2.62 bits per heavy atom. The number of hydrogen-bond donors (Lipinski definition) is 1. The Balaban J connectivity index is 1.78. The Bertz CT molecular complexity index is 666. The number of aliphatic hydroxyl groups excluding tert-OH is 1. The molecule has 4 nitrogen and oxygen atoms in total. The van der Waals surface area contributed by atoms with Gasteiger partial charge in [-0.2, -0.15) is 5.26 Å². The minimum Gasteiger partial charge on any atom is -0.491 e. The molecule has 1 aromatic carbocycles. The first-order chi connectivity index (χ1) is 11.6. The number of halogens is 1. The second kappa shape index (κ2) is 9.65. The van der Waals surface area contributed by atoms with Gasteiger partial charge in [0, 0.05) is 18.0 Å². The highest BCUT2D eigenvalue weighted by molar-refractivity contribution is 7.16. The fraction of sp³-hybridized carbons (Fsp3) is 0.389. The zero-order chi connectivity index (χ0) is 17.4. The number of hydrogen-bond acceptors (Lipinski definition) is 5. The van der Waals surface area contributed by atoms with Crippen molar-refractivity contribution in [2.45, 2.75) is 26.0 Å². The number of nitriles is 1. The molecule has 2 aromatic rings. The summed E-state index contributed by atoms with van der Waals surface area (Å²) in [4.78, 5) is 3.34. The first-order valence-electron chi connectivity index (χ1n) is 7.84. The van der Waals surface area contributed by atoms with Crippen LogP contribution >= 0.6 is 22.9 Å². The molecule has 24 heavy (non-hydrogen) atoms. The van der Waals surface area contributed by atoms with E-state index < -0.39 is 6.10 Å². The molecule has 0 spiro atoms. The van der Waals surface area contributed by atoms with Gasteiger partial charge in [-0.15, -0.1) is 11.3 Å². The molecule has 0 bridgehead atoms. The standard InChI is InChI=1S/C18H21ClN2O2S/c1-2-21(12-17-7-8-18(19)24-17)11-15(22)13-23-16-5-3-14(4-6-16)9-10-20/h3-8,15,22H,2,9,11-13H2,1H3. The van der Waals surface area contributed by atoms with Gasteiger partial charge >= 0.3 is 0 Å². The monoisotopic (exact) mass is 364 g/mol. The first-order valence-corrected chi connectivity index (χ1v) is 9.03. The molecule has 0 radical (unpaired) electrons. The predicted octanol–water partition coefficient (Wildman–Crippen LogP) is 3.73. The second-order valence-corrected chi connectivity index (χ2v) is 7.28. The van der Waals surface area contributed by atoms with Gasteiger partial charge in [-0.25, -0.2) is 0 Å². The van der Waals surface area contributed by atoms with Crippen LogP contribution in [0.15, 0.2) is 36.4 Å². The highest BCUT2D eigenvalue weighted by atomic mass is 35.5. The van der Waals surface area contributed by atoms with Gasteiger partial charge in [0.05, 0.1) is 16.8 Å². The molecule has 6 heteroatoms. The fourth-order valence-electron chi connectivity index (χ4n) is 2.30. The molecule has 0 aliphatic heterocycles. The molecular weight excluding hydrogens is 344 g/mol. The molecule has 0 fully saturated rings. The number of thiophene rings is 1. The maximum atomic E-state index is 10.2. The summed E-state index contributed by atoms with van der Waals surface area (Å²) < 4.78 is 6.40. The van der Waals surface area contributed by atoms with Crippen molar-refractivity contribution in [3.63, 3.8) is 0 Å². The highest BCUT2D eigenvalue weighted by Gasteiger charge is 2.13. The van der Waals surface area contributed by atoms with Crippen molar-refractivity contribution < 1.29 is 9.84 Å². The molecule has 0 aliphatic rings. The van der Waals surface area contributed by atoms with Gasteiger partial charge in [0.1, 0.15) is 18.5 Å². The fourth-order valence-corrected chi connectivity index (χ4v) is 3.43. The van der Waals surface area contributed by atoms with Crippen molar-refractivity contribution in [1.82, 2.24) is 4.90 Å². The van der Waals surface area contributed by atoms with Crippen molar-refractivity contribution in [2.75, 3.05) is 19.7 Å². The van der Waals surface area contributed by atoms with Gasteiger partial charge in [0.2, 0.25) is 0 Å². The van der Waals surface area contributed by atoms with Crippen LogP contribution in [0.25, 0.3) is 0 Å². The second-order valence-electron chi connectivity index (χ2n) is 5.48. The number of nitrogens with zero attached hydrogens (tertiary/aromatic N) is 2. The van der Waals surface area contributed by atoms with Gasteiger partial charge in [-0.05, 0) is 36.4 Å². The molecule has 2 rings (SSSR count). The lowest BCUT2D eigenvalue weighted by Gasteiger charge is -2.23. The van der Waals surface area contributed by atoms with Crippen LogP contribution in [0, 0.1) is 11.3 Å². The van der Waals surface area contributed by atoms with Crippen molar-refractivity contribution >= 4 is 22.9 Å². The molecule has 1 heterocycles. The smallest absolute Gasteiger partial charge is 0.119 e. The molecule has 0 saturated heterocycles. The lowest BCUT2D eigenvalue weighted by molar-refractivity contribution is 0.0678. The molecule has 1 N–H and O–H groups in total. The normalized spacial score (nSPS) is 12.1. The average Bonchev–Trinajstić information content (AvgIpc) is 2.99. The SMILES string of the molecule is CCN(Cc1ccc(Cl)s1)CC(O)COc1ccc(CC#N)cc1. The molecule has 1 atom stereocenters. The van der Waals surface area contributed by atoms with Gasteiger partial charge in [-0.3, -0.25) is 4.90 Å². The van der Waals surface area contributed by atoms with E-state index in [0.717, 1.165) is 23.0 Å². The molecule has 1 unspecified atom stereocenters. The van der Waals surface area contributed by atoms with Crippen LogP contribution < -0.4 is 4.74 Å². The first kappa shape index (κ1) is 18.8. The molecule has 0 amide bonds. The number of aliphatic hydroxyl groups is 1. The largest absolute Gasteiger partial charge is 0.491 e. The third kappa shape index (κ3) is 6.14. The van der Waals surface area contributed by atoms with Crippen molar-refractivity contribution in [3.05, 3.63) is 51.2 Å². The Hall–Kier alpha value is -1.58. The van der Waals surface area contributed by atoms with Gasteiger partial charge in [0.25, 0.3) is 0 Å². The Morgan fingerprint density at radius 1 is 1.29 bits per heavy atom. The third-order valence-corrected chi connectivity index (χ3v) is 4.79. The summed E-state index contributed by atoms with van der Waals surface area (Å²) in [5.74, 6) is 0.698. The Morgan fingerprint density at radius 2 is 2.04 bits per heavy atom. The number of likely N-dealkylation sites (N-methyl/N-ethyl adjacent to an activating group) is 1. The van der Waals surface area contributed by atoms with E-state index in [4.69, 9.17) is 21.6 Å². The summed E-state index contributed by atoms with van der Waals surface area (Å²) in [6.07, 6.45) is -0.180. The van der Waals surface area contributed by atoms with Crippen molar-refractivity contribution in [1.29, 1.82) is 5.26 Å². The summed E-state index contributed by atoms with van der Waals surface area (Å²) in [5, 5.41) is 18.9. The molecular formula is C18H21ClN2O2S. The number of ether oxygens (including phenoxy) is 1. The van der Waals surface area contributed by atoms with Crippen LogP contribution in [-0.2, 0) is 13.0 Å². The summed E-state index contributed by atoms with van der Waals surface area (Å²) in [7, 11) is 0. The van der Waals surface area contributed by atoms with Crippen LogP contribution in [0.4, 0.5) is 0 Å². The molecule has 0 aliphatic carbocycles. The third-order valence-electron chi connectivity index (χ3n) is 3.57. The summed E-state index contributed by atoms with van der Waals surface area (Å²) in [5.41, 5.74) is 0.956. The van der Waals surface area contributed by atoms with E-state index in [2.05, 4.69) is 17.9 Å². The summed E-state index contributed by atoms with van der Waals surface area (Å²) in [6, 6.07) is 13.4. The maximum absolute atomic E-state index is 10.2. The van der Waals surface area contributed by atoms with E-state index >= 15 is 0 Å². The quantitative estimate of drug-likeness (QED) is 0.736. The van der Waals surface area contributed by atoms with Gasteiger partial charge in [-0.1, -0.05) is 30.7 Å². The van der Waals surface area contributed by atoms with Crippen LogP contribution in [-0.4, -0.2) is 35.8 Å².